The number of nitrogens with one attached hydrogen (secondary N) is 1. The molecule has 1 N–H and O–H groups in total. The van der Waals surface area contributed by atoms with Gasteiger partial charge in [-0.3, -0.25) is 0 Å². The molecule has 0 radical (unpaired) electrons. The van der Waals surface area contributed by atoms with Crippen LogP contribution in [0.1, 0.15) is 30.2 Å². The second-order valence-electron chi connectivity index (χ2n) is 4.70. The summed E-state index contributed by atoms with van der Waals surface area (Å²) < 4.78 is 8.88. The van der Waals surface area contributed by atoms with Crippen molar-refractivity contribution in [3.05, 3.63) is 39.9 Å². The Morgan fingerprint density at radius 2 is 2.15 bits per heavy atom. The zero-order valence-corrected chi connectivity index (χ0v) is 13.7. The van der Waals surface area contributed by atoms with E-state index in [4.69, 9.17) is 4.74 Å². The first-order valence-corrected chi connectivity index (χ1v) is 7.26. The van der Waals surface area contributed by atoms with E-state index in [2.05, 4.69) is 44.4 Å². The smallest absolute Gasteiger partial charge is 0.170 e. The Bertz CT molecular complexity index is 597. The van der Waals surface area contributed by atoms with Crippen LogP contribution in [-0.2, 0) is 13.7 Å². The van der Waals surface area contributed by atoms with E-state index in [0.717, 1.165) is 27.4 Å². The number of benzene rings is 1. The predicted octanol–water partition coefficient (Wildman–Crippen LogP) is 2.75. The summed E-state index contributed by atoms with van der Waals surface area (Å²) in [4.78, 5) is 0. The van der Waals surface area contributed by atoms with E-state index in [1.54, 1.807) is 0 Å². The zero-order valence-electron chi connectivity index (χ0n) is 12.1. The van der Waals surface area contributed by atoms with E-state index < -0.39 is 0 Å². The van der Waals surface area contributed by atoms with E-state index in [1.165, 1.54) is 0 Å². The summed E-state index contributed by atoms with van der Waals surface area (Å²) >= 11 is 3.49. The van der Waals surface area contributed by atoms with Gasteiger partial charge in [-0.2, -0.15) is 0 Å². The number of halogens is 1. The zero-order chi connectivity index (χ0) is 14.7. The van der Waals surface area contributed by atoms with Gasteiger partial charge in [-0.05, 0) is 39.1 Å². The average Bonchev–Trinajstić information content (AvgIpc) is 2.76. The van der Waals surface area contributed by atoms with Gasteiger partial charge in [0.2, 0.25) is 0 Å². The highest BCUT2D eigenvalue weighted by atomic mass is 79.9. The van der Waals surface area contributed by atoms with Crippen molar-refractivity contribution >= 4 is 15.9 Å². The number of ether oxygens (including phenoxy) is 1. The van der Waals surface area contributed by atoms with Crippen LogP contribution in [0.15, 0.2) is 22.7 Å². The molecule has 1 heterocycles. The first kappa shape index (κ1) is 15.0. The van der Waals surface area contributed by atoms with Gasteiger partial charge in [0.15, 0.2) is 5.82 Å². The van der Waals surface area contributed by atoms with Crippen molar-refractivity contribution in [3.63, 3.8) is 0 Å². The molecule has 0 amide bonds. The summed E-state index contributed by atoms with van der Waals surface area (Å²) in [6.07, 6.45) is 0. The molecular formula is C14H19BrN4O. The van der Waals surface area contributed by atoms with Gasteiger partial charge in [0.05, 0.1) is 0 Å². The van der Waals surface area contributed by atoms with Crippen LogP contribution >= 0.6 is 15.9 Å². The summed E-state index contributed by atoms with van der Waals surface area (Å²) in [6.45, 7) is 4.42. The summed E-state index contributed by atoms with van der Waals surface area (Å²) in [5.41, 5.74) is 1.11. The standard InChI is InChI=1S/C14H19BrN4O/c1-9(16-3)12-7-11(15)5-6-13(12)20-8-14-18-17-10(2)19(14)4/h5-7,9,16H,8H2,1-4H3. The van der Waals surface area contributed by atoms with Crippen molar-refractivity contribution in [2.24, 2.45) is 7.05 Å². The molecule has 5 nitrogen and oxygen atoms in total. The van der Waals surface area contributed by atoms with Crippen molar-refractivity contribution in [1.29, 1.82) is 0 Å². The predicted molar refractivity (Wildman–Crippen MR) is 81.7 cm³/mol. The average molecular weight is 339 g/mol. The first-order valence-electron chi connectivity index (χ1n) is 6.47. The largest absolute Gasteiger partial charge is 0.485 e. The number of aromatic nitrogens is 3. The van der Waals surface area contributed by atoms with Crippen LogP contribution in [0.2, 0.25) is 0 Å². The number of nitrogens with zero attached hydrogens (tertiary/aromatic N) is 3. The van der Waals surface area contributed by atoms with E-state index in [9.17, 15) is 0 Å². The Morgan fingerprint density at radius 1 is 1.40 bits per heavy atom. The maximum atomic E-state index is 5.91. The third kappa shape index (κ3) is 3.19. The maximum Gasteiger partial charge on any atom is 0.170 e. The lowest BCUT2D eigenvalue weighted by atomic mass is 10.1. The maximum absolute atomic E-state index is 5.91. The topological polar surface area (TPSA) is 52.0 Å². The van der Waals surface area contributed by atoms with Gasteiger partial charge in [-0.1, -0.05) is 15.9 Å². The molecule has 1 atom stereocenters. The van der Waals surface area contributed by atoms with Crippen LogP contribution in [0.5, 0.6) is 5.75 Å². The van der Waals surface area contributed by atoms with Gasteiger partial charge in [-0.25, -0.2) is 0 Å². The molecular weight excluding hydrogens is 320 g/mol. The van der Waals surface area contributed by atoms with Crippen LogP contribution in [0.3, 0.4) is 0 Å². The third-order valence-electron chi connectivity index (χ3n) is 3.41. The minimum absolute atomic E-state index is 0.212. The molecule has 2 rings (SSSR count). The normalized spacial score (nSPS) is 12.4. The Kier molecular flexibility index (Phi) is 4.77. The molecule has 0 saturated carbocycles. The quantitative estimate of drug-likeness (QED) is 0.910. The third-order valence-corrected chi connectivity index (χ3v) is 3.90. The highest BCUT2D eigenvalue weighted by Gasteiger charge is 2.12. The summed E-state index contributed by atoms with van der Waals surface area (Å²) in [5, 5.41) is 11.4. The summed E-state index contributed by atoms with van der Waals surface area (Å²) in [5.74, 6) is 2.55. The van der Waals surface area contributed by atoms with E-state index in [0.29, 0.717) is 6.61 Å². The van der Waals surface area contributed by atoms with Gasteiger partial charge < -0.3 is 14.6 Å². The highest BCUT2D eigenvalue weighted by Crippen LogP contribution is 2.28. The molecule has 6 heteroatoms. The van der Waals surface area contributed by atoms with Crippen LogP contribution in [0.25, 0.3) is 0 Å². The van der Waals surface area contributed by atoms with Gasteiger partial charge in [0.1, 0.15) is 18.2 Å². The van der Waals surface area contributed by atoms with Crippen molar-refractivity contribution in [3.8, 4) is 5.75 Å². The number of aryl methyl sites for hydroxylation is 1. The van der Waals surface area contributed by atoms with E-state index in [1.807, 2.05) is 37.7 Å². The minimum atomic E-state index is 0.212. The van der Waals surface area contributed by atoms with Crippen molar-refractivity contribution in [1.82, 2.24) is 20.1 Å². The molecule has 1 aromatic heterocycles. The molecule has 0 aliphatic rings. The molecule has 1 unspecified atom stereocenters. The SMILES string of the molecule is CNC(C)c1cc(Br)ccc1OCc1nnc(C)n1C. The Hall–Kier alpha value is -1.40. The Balaban J connectivity index is 2.19. The van der Waals surface area contributed by atoms with Crippen molar-refractivity contribution in [2.45, 2.75) is 26.5 Å². The highest BCUT2D eigenvalue weighted by molar-refractivity contribution is 9.10. The molecule has 0 saturated heterocycles. The lowest BCUT2D eigenvalue weighted by Gasteiger charge is -2.16. The molecule has 108 valence electrons. The number of hydrogen-bond acceptors (Lipinski definition) is 4. The Labute approximate surface area is 127 Å². The lowest BCUT2D eigenvalue weighted by Crippen LogP contribution is -2.14. The monoisotopic (exact) mass is 338 g/mol. The van der Waals surface area contributed by atoms with Crippen LogP contribution in [-0.4, -0.2) is 21.8 Å². The Morgan fingerprint density at radius 3 is 2.75 bits per heavy atom. The van der Waals surface area contributed by atoms with Crippen LogP contribution in [0.4, 0.5) is 0 Å². The molecule has 0 aliphatic heterocycles. The fourth-order valence-electron chi connectivity index (χ4n) is 1.86. The van der Waals surface area contributed by atoms with Gasteiger partial charge in [-0.15, -0.1) is 10.2 Å². The molecule has 0 bridgehead atoms. The molecule has 0 fully saturated rings. The van der Waals surface area contributed by atoms with Crippen molar-refractivity contribution < 1.29 is 4.74 Å². The number of rotatable bonds is 5. The molecule has 0 spiro atoms. The van der Waals surface area contributed by atoms with E-state index in [-0.39, 0.29) is 6.04 Å². The fourth-order valence-corrected chi connectivity index (χ4v) is 2.24. The molecule has 20 heavy (non-hydrogen) atoms. The number of hydrogen-bond donors (Lipinski definition) is 1. The van der Waals surface area contributed by atoms with Crippen LogP contribution in [0, 0.1) is 6.92 Å². The van der Waals surface area contributed by atoms with Gasteiger partial charge in [0.25, 0.3) is 0 Å². The summed E-state index contributed by atoms with van der Waals surface area (Å²) in [7, 11) is 3.87. The minimum Gasteiger partial charge on any atom is -0.485 e. The van der Waals surface area contributed by atoms with Gasteiger partial charge >= 0.3 is 0 Å². The first-order chi connectivity index (χ1) is 9.52. The lowest BCUT2D eigenvalue weighted by molar-refractivity contribution is 0.285. The molecule has 0 aliphatic carbocycles. The van der Waals surface area contributed by atoms with Crippen LogP contribution < -0.4 is 10.1 Å². The second kappa shape index (κ2) is 6.37. The van der Waals surface area contributed by atoms with Gasteiger partial charge in [0, 0.05) is 23.1 Å². The fraction of sp³-hybridized carbons (Fsp3) is 0.429. The molecule has 1 aromatic carbocycles. The molecule has 2 aromatic rings. The van der Waals surface area contributed by atoms with E-state index >= 15 is 0 Å². The van der Waals surface area contributed by atoms with Crippen molar-refractivity contribution in [2.75, 3.05) is 7.05 Å². The second-order valence-corrected chi connectivity index (χ2v) is 5.62. The summed E-state index contributed by atoms with van der Waals surface area (Å²) in [6, 6.07) is 6.22.